The molecule has 0 saturated carbocycles. The summed E-state index contributed by atoms with van der Waals surface area (Å²) in [6, 6.07) is 6.07. The molecule has 2 aromatic rings. The van der Waals surface area contributed by atoms with Crippen LogP contribution in [0.1, 0.15) is 38.1 Å². The third kappa shape index (κ3) is 2.65. The number of aromatic nitrogens is 2. The van der Waals surface area contributed by atoms with Crippen molar-refractivity contribution in [3.63, 3.8) is 0 Å². The van der Waals surface area contributed by atoms with E-state index in [2.05, 4.69) is 39.9 Å². The zero-order valence-electron chi connectivity index (χ0n) is 12.1. The fourth-order valence-electron chi connectivity index (χ4n) is 2.28. The smallest absolute Gasteiger partial charge is 0.234 e. The number of aryl methyl sites for hydroxylation is 1. The van der Waals surface area contributed by atoms with E-state index < -0.39 is 0 Å². The van der Waals surface area contributed by atoms with Crippen LogP contribution in [0.3, 0.4) is 0 Å². The first-order valence-electron chi connectivity index (χ1n) is 6.87. The first kappa shape index (κ1) is 15.2. The molecule has 0 atom stereocenters. The van der Waals surface area contributed by atoms with Crippen molar-refractivity contribution in [1.82, 2.24) is 10.1 Å². The summed E-state index contributed by atoms with van der Waals surface area (Å²) in [4.78, 5) is 4.57. The van der Waals surface area contributed by atoms with Crippen LogP contribution in [0.5, 0.6) is 0 Å². The molecular formula is C15H20BrN3O. The van der Waals surface area contributed by atoms with Gasteiger partial charge in [0, 0.05) is 16.6 Å². The number of benzene rings is 1. The fourth-order valence-corrected chi connectivity index (χ4v) is 2.95. The van der Waals surface area contributed by atoms with Gasteiger partial charge in [-0.25, -0.2) is 0 Å². The van der Waals surface area contributed by atoms with Crippen LogP contribution in [0.15, 0.2) is 27.2 Å². The average molecular weight is 338 g/mol. The largest absolute Gasteiger partial charge is 0.338 e. The monoisotopic (exact) mass is 337 g/mol. The van der Waals surface area contributed by atoms with Crippen LogP contribution < -0.4 is 5.73 Å². The molecule has 0 unspecified atom stereocenters. The number of nitrogens with two attached hydrogens (primary N) is 1. The van der Waals surface area contributed by atoms with Crippen molar-refractivity contribution < 1.29 is 4.52 Å². The molecule has 0 aliphatic heterocycles. The van der Waals surface area contributed by atoms with E-state index >= 15 is 0 Å². The summed E-state index contributed by atoms with van der Waals surface area (Å²) in [6.45, 7) is 6.75. The van der Waals surface area contributed by atoms with Gasteiger partial charge < -0.3 is 10.3 Å². The number of halogens is 1. The topological polar surface area (TPSA) is 64.9 Å². The minimum atomic E-state index is -0.220. The van der Waals surface area contributed by atoms with E-state index in [0.29, 0.717) is 18.3 Å². The Morgan fingerprint density at radius 3 is 2.55 bits per heavy atom. The van der Waals surface area contributed by atoms with Gasteiger partial charge in [-0.2, -0.15) is 4.98 Å². The first-order valence-corrected chi connectivity index (χ1v) is 7.66. The summed E-state index contributed by atoms with van der Waals surface area (Å²) >= 11 is 3.55. The predicted octanol–water partition coefficient (Wildman–Crippen LogP) is 3.82. The van der Waals surface area contributed by atoms with Gasteiger partial charge in [-0.3, -0.25) is 0 Å². The Kier molecular flexibility index (Phi) is 4.60. The molecule has 0 bridgehead atoms. The molecule has 0 saturated heterocycles. The summed E-state index contributed by atoms with van der Waals surface area (Å²) < 4.78 is 6.45. The summed E-state index contributed by atoms with van der Waals surface area (Å²) in [7, 11) is 0. The standard InChI is InChI=1S/C15H20BrN3O/c1-4-15(5-2,9-17)14-18-13(19-20-14)11-7-6-10(3)8-12(11)16/h6-8H,4-5,9,17H2,1-3H3. The Labute approximate surface area is 127 Å². The maximum Gasteiger partial charge on any atom is 0.234 e. The van der Waals surface area contributed by atoms with Crippen LogP contribution in [0.2, 0.25) is 0 Å². The molecule has 4 nitrogen and oxygen atoms in total. The van der Waals surface area contributed by atoms with Crippen LogP contribution >= 0.6 is 15.9 Å². The van der Waals surface area contributed by atoms with Crippen LogP contribution in [0.25, 0.3) is 11.4 Å². The van der Waals surface area contributed by atoms with Gasteiger partial charge in [-0.05, 0) is 37.5 Å². The molecule has 2 N–H and O–H groups in total. The molecule has 20 heavy (non-hydrogen) atoms. The van der Waals surface area contributed by atoms with Gasteiger partial charge >= 0.3 is 0 Å². The lowest BCUT2D eigenvalue weighted by molar-refractivity contribution is 0.267. The maximum absolute atomic E-state index is 5.92. The Bertz CT molecular complexity index is 582. The lowest BCUT2D eigenvalue weighted by atomic mass is 9.82. The maximum atomic E-state index is 5.92. The van der Waals surface area contributed by atoms with Crippen LogP contribution in [0.4, 0.5) is 0 Å². The first-order chi connectivity index (χ1) is 9.56. The number of hydrogen-bond acceptors (Lipinski definition) is 4. The molecule has 108 valence electrons. The van der Waals surface area contributed by atoms with Gasteiger partial charge in [0.2, 0.25) is 11.7 Å². The van der Waals surface area contributed by atoms with Crippen LogP contribution in [-0.4, -0.2) is 16.7 Å². The van der Waals surface area contributed by atoms with E-state index in [1.54, 1.807) is 0 Å². The summed E-state index contributed by atoms with van der Waals surface area (Å²) in [5, 5.41) is 4.12. The zero-order chi connectivity index (χ0) is 14.8. The molecule has 1 heterocycles. The summed E-state index contributed by atoms with van der Waals surface area (Å²) in [5.41, 5.74) is 7.82. The van der Waals surface area contributed by atoms with E-state index in [1.807, 2.05) is 25.1 Å². The Hall–Kier alpha value is -1.20. The van der Waals surface area contributed by atoms with Crippen molar-refractivity contribution in [2.24, 2.45) is 5.73 Å². The number of hydrogen-bond donors (Lipinski definition) is 1. The van der Waals surface area contributed by atoms with E-state index in [9.17, 15) is 0 Å². The predicted molar refractivity (Wildman–Crippen MR) is 83.5 cm³/mol. The van der Waals surface area contributed by atoms with Crippen LogP contribution in [-0.2, 0) is 5.41 Å². The van der Waals surface area contributed by atoms with Gasteiger partial charge in [0.15, 0.2) is 0 Å². The second-order valence-corrected chi connectivity index (χ2v) is 5.95. The molecular weight excluding hydrogens is 318 g/mol. The lowest BCUT2D eigenvalue weighted by Gasteiger charge is -2.24. The second-order valence-electron chi connectivity index (χ2n) is 5.10. The third-order valence-corrected chi connectivity index (χ3v) is 4.65. The van der Waals surface area contributed by atoms with Gasteiger partial charge in [0.1, 0.15) is 0 Å². The van der Waals surface area contributed by atoms with Crippen molar-refractivity contribution >= 4 is 15.9 Å². The van der Waals surface area contributed by atoms with Gasteiger partial charge in [-0.15, -0.1) is 0 Å². The molecule has 0 aliphatic carbocycles. The Morgan fingerprint density at radius 1 is 1.30 bits per heavy atom. The van der Waals surface area contributed by atoms with E-state index in [-0.39, 0.29) is 5.41 Å². The number of nitrogens with zero attached hydrogens (tertiary/aromatic N) is 2. The number of rotatable bonds is 5. The van der Waals surface area contributed by atoms with Gasteiger partial charge in [-0.1, -0.05) is 41.0 Å². The molecule has 5 heteroatoms. The highest BCUT2D eigenvalue weighted by molar-refractivity contribution is 9.10. The molecule has 0 amide bonds. The lowest BCUT2D eigenvalue weighted by Crippen LogP contribution is -2.34. The minimum absolute atomic E-state index is 0.220. The highest BCUT2D eigenvalue weighted by Gasteiger charge is 2.33. The van der Waals surface area contributed by atoms with Gasteiger partial charge in [0.25, 0.3) is 0 Å². The minimum Gasteiger partial charge on any atom is -0.338 e. The second kappa shape index (κ2) is 6.06. The molecule has 0 aliphatic rings. The SMILES string of the molecule is CCC(CC)(CN)c1nc(-c2ccc(C)cc2Br)no1. The van der Waals surface area contributed by atoms with Crippen molar-refractivity contribution in [3.8, 4) is 11.4 Å². The molecule has 1 aromatic heterocycles. The quantitative estimate of drug-likeness (QED) is 0.900. The Morgan fingerprint density at radius 2 is 2.00 bits per heavy atom. The Balaban J connectivity index is 2.42. The molecule has 1 aromatic carbocycles. The third-order valence-electron chi connectivity index (χ3n) is 3.99. The summed E-state index contributed by atoms with van der Waals surface area (Å²) in [5.74, 6) is 1.24. The molecule has 2 rings (SSSR count). The molecule has 0 fully saturated rings. The highest BCUT2D eigenvalue weighted by atomic mass is 79.9. The highest BCUT2D eigenvalue weighted by Crippen LogP contribution is 2.32. The van der Waals surface area contributed by atoms with Crippen molar-refractivity contribution in [3.05, 3.63) is 34.1 Å². The normalized spacial score (nSPS) is 11.8. The van der Waals surface area contributed by atoms with Crippen molar-refractivity contribution in [2.45, 2.75) is 39.0 Å². The molecule has 0 spiro atoms. The van der Waals surface area contributed by atoms with Gasteiger partial charge in [0.05, 0.1) is 5.41 Å². The summed E-state index contributed by atoms with van der Waals surface area (Å²) in [6.07, 6.45) is 1.77. The van der Waals surface area contributed by atoms with E-state index in [0.717, 1.165) is 22.9 Å². The van der Waals surface area contributed by atoms with Crippen molar-refractivity contribution in [1.29, 1.82) is 0 Å². The molecule has 0 radical (unpaired) electrons. The zero-order valence-corrected chi connectivity index (χ0v) is 13.7. The van der Waals surface area contributed by atoms with E-state index in [1.165, 1.54) is 5.56 Å². The van der Waals surface area contributed by atoms with E-state index in [4.69, 9.17) is 10.3 Å². The fraction of sp³-hybridized carbons (Fsp3) is 0.467. The average Bonchev–Trinajstić information content (AvgIpc) is 2.91. The van der Waals surface area contributed by atoms with Crippen LogP contribution in [0, 0.1) is 6.92 Å². The van der Waals surface area contributed by atoms with Crippen molar-refractivity contribution in [2.75, 3.05) is 6.54 Å².